The molecule has 0 aliphatic rings. The number of likely N-dealkylation sites (N-methyl/N-ethyl adjacent to an activating group) is 1. The number of amides is 1. The van der Waals surface area contributed by atoms with Crippen LogP contribution in [0, 0.1) is 11.8 Å². The minimum atomic E-state index is -0.118. The lowest BCUT2D eigenvalue weighted by Crippen LogP contribution is -2.37. The third kappa shape index (κ3) is 4.65. The third-order valence-corrected chi connectivity index (χ3v) is 2.84. The number of carbonyl (C=O) groups excluding carboxylic acids is 1. The highest BCUT2D eigenvalue weighted by Crippen LogP contribution is 2.08. The summed E-state index contributed by atoms with van der Waals surface area (Å²) in [6, 6.07) is 1.69. The smallest absolute Gasteiger partial charge is 0.255 e. The highest BCUT2D eigenvalue weighted by molar-refractivity contribution is 5.94. The summed E-state index contributed by atoms with van der Waals surface area (Å²) < 4.78 is 5.04. The quantitative estimate of drug-likeness (QED) is 0.812. The molecule has 0 aliphatic heterocycles. The summed E-state index contributed by atoms with van der Waals surface area (Å²) in [5.41, 5.74) is 1.16. The number of aromatic nitrogens is 1. The Bertz CT molecular complexity index is 505. The number of aliphatic hydroxyl groups excluding tert-OH is 1. The highest BCUT2D eigenvalue weighted by atomic mass is 16.5. The molecule has 0 aliphatic carbocycles. The van der Waals surface area contributed by atoms with E-state index in [1.807, 2.05) is 6.92 Å². The van der Waals surface area contributed by atoms with Gasteiger partial charge in [0.15, 0.2) is 0 Å². The number of pyridine rings is 1. The van der Waals surface area contributed by atoms with E-state index in [0.29, 0.717) is 24.2 Å². The lowest BCUT2D eigenvalue weighted by Gasteiger charge is -2.24. The largest absolute Gasteiger partial charge is 0.395 e. The van der Waals surface area contributed by atoms with Crippen molar-refractivity contribution in [1.29, 1.82) is 0 Å². The highest BCUT2D eigenvalue weighted by Gasteiger charge is 2.17. The van der Waals surface area contributed by atoms with Crippen molar-refractivity contribution >= 4 is 5.91 Å². The molecular weight excluding hydrogens is 256 g/mol. The van der Waals surface area contributed by atoms with Crippen LogP contribution in [0.4, 0.5) is 0 Å². The third-order valence-electron chi connectivity index (χ3n) is 2.84. The molecule has 1 aromatic heterocycles. The molecule has 5 heteroatoms. The van der Waals surface area contributed by atoms with Gasteiger partial charge in [-0.15, -0.1) is 0 Å². The number of methoxy groups -OCH3 is 1. The molecule has 5 nitrogen and oxygen atoms in total. The minimum Gasteiger partial charge on any atom is -0.395 e. The molecule has 0 aromatic carbocycles. The second kappa shape index (κ2) is 8.31. The van der Waals surface area contributed by atoms with Gasteiger partial charge in [-0.3, -0.25) is 9.78 Å². The monoisotopic (exact) mass is 276 g/mol. The van der Waals surface area contributed by atoms with E-state index in [4.69, 9.17) is 9.84 Å². The summed E-state index contributed by atoms with van der Waals surface area (Å²) in [6.07, 6.45) is 3.53. The molecule has 0 spiro atoms. The molecular formula is C15H20N2O3. The Morgan fingerprint density at radius 2 is 2.30 bits per heavy atom. The van der Waals surface area contributed by atoms with Gasteiger partial charge in [0.25, 0.3) is 5.91 Å². The summed E-state index contributed by atoms with van der Waals surface area (Å²) >= 11 is 0. The van der Waals surface area contributed by atoms with Crippen LogP contribution in [0.2, 0.25) is 0 Å². The van der Waals surface area contributed by atoms with Crippen molar-refractivity contribution < 1.29 is 14.6 Å². The van der Waals surface area contributed by atoms with Gasteiger partial charge in [-0.05, 0) is 13.0 Å². The minimum absolute atomic E-state index is 0.0170. The Kier molecular flexibility index (Phi) is 6.71. The van der Waals surface area contributed by atoms with E-state index in [-0.39, 0.29) is 18.6 Å². The molecule has 1 heterocycles. The fraction of sp³-hybridized carbons (Fsp3) is 0.467. The van der Waals surface area contributed by atoms with Gasteiger partial charge < -0.3 is 14.7 Å². The van der Waals surface area contributed by atoms with Gasteiger partial charge in [-0.1, -0.05) is 11.8 Å². The van der Waals surface area contributed by atoms with Gasteiger partial charge in [0.2, 0.25) is 0 Å². The Morgan fingerprint density at radius 3 is 2.95 bits per heavy atom. The Hall–Kier alpha value is -1.90. The first-order valence-electron chi connectivity index (χ1n) is 6.41. The molecule has 0 bridgehead atoms. The molecule has 108 valence electrons. The fourth-order valence-electron chi connectivity index (χ4n) is 1.60. The summed E-state index contributed by atoms with van der Waals surface area (Å²) in [5.74, 6) is 5.55. The van der Waals surface area contributed by atoms with Crippen molar-refractivity contribution in [2.45, 2.75) is 19.4 Å². The van der Waals surface area contributed by atoms with Crippen LogP contribution in [0.3, 0.4) is 0 Å². The molecule has 0 saturated carbocycles. The van der Waals surface area contributed by atoms with E-state index in [1.54, 1.807) is 31.3 Å². The summed E-state index contributed by atoms with van der Waals surface area (Å²) in [5, 5.41) is 8.68. The van der Waals surface area contributed by atoms with Crippen molar-refractivity contribution in [3.8, 4) is 11.8 Å². The zero-order chi connectivity index (χ0) is 15.0. The standard InChI is InChI=1S/C15H20N2O3/c1-12(11-20-3)17(2)15(19)14-8-13(9-16-10-14)6-4-5-7-18/h8-10,12,18H,5,7,11H2,1-3H3. The second-order valence-corrected chi connectivity index (χ2v) is 4.46. The van der Waals surface area contributed by atoms with Crippen LogP contribution in [-0.4, -0.2) is 54.3 Å². The van der Waals surface area contributed by atoms with Gasteiger partial charge in [0, 0.05) is 38.5 Å². The first-order valence-corrected chi connectivity index (χ1v) is 6.41. The molecule has 1 atom stereocenters. The topological polar surface area (TPSA) is 62.7 Å². The Labute approximate surface area is 119 Å². The van der Waals surface area contributed by atoms with Gasteiger partial charge in [-0.25, -0.2) is 0 Å². The van der Waals surface area contributed by atoms with Crippen LogP contribution in [0.1, 0.15) is 29.3 Å². The lowest BCUT2D eigenvalue weighted by molar-refractivity contribution is 0.0633. The summed E-state index contributed by atoms with van der Waals surface area (Å²) in [6.45, 7) is 2.42. The van der Waals surface area contributed by atoms with Crippen molar-refractivity contribution in [1.82, 2.24) is 9.88 Å². The van der Waals surface area contributed by atoms with Gasteiger partial charge in [0.1, 0.15) is 0 Å². The number of ether oxygens (including phenoxy) is 1. The van der Waals surface area contributed by atoms with E-state index >= 15 is 0 Å². The number of carbonyl (C=O) groups is 1. The van der Waals surface area contributed by atoms with Crippen LogP contribution >= 0.6 is 0 Å². The Balaban J connectivity index is 2.84. The van der Waals surface area contributed by atoms with E-state index in [9.17, 15) is 4.79 Å². The zero-order valence-electron chi connectivity index (χ0n) is 12.1. The Morgan fingerprint density at radius 1 is 1.55 bits per heavy atom. The van der Waals surface area contributed by atoms with Crippen molar-refractivity contribution in [3.05, 3.63) is 29.6 Å². The molecule has 0 fully saturated rings. The molecule has 0 saturated heterocycles. The molecule has 20 heavy (non-hydrogen) atoms. The molecule has 1 N–H and O–H groups in total. The lowest BCUT2D eigenvalue weighted by atomic mass is 10.1. The molecule has 1 aromatic rings. The van der Waals surface area contributed by atoms with Crippen LogP contribution in [-0.2, 0) is 4.74 Å². The first kappa shape index (κ1) is 16.2. The summed E-state index contributed by atoms with van der Waals surface area (Å²) in [4.78, 5) is 17.9. The van der Waals surface area contributed by atoms with E-state index in [1.165, 1.54) is 6.20 Å². The number of aliphatic hydroxyl groups is 1. The maximum atomic E-state index is 12.3. The van der Waals surface area contributed by atoms with Crippen molar-refractivity contribution in [2.75, 3.05) is 27.4 Å². The molecule has 1 amide bonds. The second-order valence-electron chi connectivity index (χ2n) is 4.46. The van der Waals surface area contributed by atoms with E-state index < -0.39 is 0 Å². The maximum Gasteiger partial charge on any atom is 0.255 e. The first-order chi connectivity index (χ1) is 9.60. The van der Waals surface area contributed by atoms with E-state index in [0.717, 1.165) is 0 Å². The predicted molar refractivity (Wildman–Crippen MR) is 76.2 cm³/mol. The number of hydrogen-bond acceptors (Lipinski definition) is 4. The van der Waals surface area contributed by atoms with Crippen LogP contribution in [0.25, 0.3) is 0 Å². The molecule has 1 unspecified atom stereocenters. The van der Waals surface area contributed by atoms with Crippen molar-refractivity contribution in [2.24, 2.45) is 0 Å². The van der Waals surface area contributed by atoms with Gasteiger partial charge in [-0.2, -0.15) is 0 Å². The molecule has 1 rings (SSSR count). The summed E-state index contributed by atoms with van der Waals surface area (Å²) in [7, 11) is 3.34. The number of hydrogen-bond donors (Lipinski definition) is 1. The van der Waals surface area contributed by atoms with Crippen molar-refractivity contribution in [3.63, 3.8) is 0 Å². The van der Waals surface area contributed by atoms with Crippen LogP contribution in [0.15, 0.2) is 18.5 Å². The average molecular weight is 276 g/mol. The predicted octanol–water partition coefficient (Wildman–Crippen LogP) is 0.922. The van der Waals surface area contributed by atoms with E-state index in [2.05, 4.69) is 16.8 Å². The SMILES string of the molecule is COCC(C)N(C)C(=O)c1cncc(C#CCCO)c1. The van der Waals surface area contributed by atoms with Gasteiger partial charge >= 0.3 is 0 Å². The maximum absolute atomic E-state index is 12.3. The zero-order valence-corrected chi connectivity index (χ0v) is 12.1. The number of nitrogens with zero attached hydrogens (tertiary/aromatic N) is 2. The van der Waals surface area contributed by atoms with Crippen LogP contribution < -0.4 is 0 Å². The fourth-order valence-corrected chi connectivity index (χ4v) is 1.60. The van der Waals surface area contributed by atoms with Gasteiger partial charge in [0.05, 0.1) is 24.8 Å². The van der Waals surface area contributed by atoms with Crippen LogP contribution in [0.5, 0.6) is 0 Å². The average Bonchev–Trinajstić information content (AvgIpc) is 2.46. The normalized spacial score (nSPS) is 11.4. The number of rotatable bonds is 5. The molecule has 0 radical (unpaired) electrons.